The van der Waals surface area contributed by atoms with Crippen molar-refractivity contribution in [1.82, 2.24) is 0 Å². The van der Waals surface area contributed by atoms with Crippen LogP contribution < -0.4 is 0 Å². The van der Waals surface area contributed by atoms with Crippen molar-refractivity contribution < 1.29 is 48.0 Å². The summed E-state index contributed by atoms with van der Waals surface area (Å²) in [6, 6.07) is 0. The summed E-state index contributed by atoms with van der Waals surface area (Å²) >= 11 is 5.86. The highest BCUT2D eigenvalue weighted by Gasteiger charge is 2.59. The predicted octanol–water partition coefficient (Wildman–Crippen LogP) is -0.372. The van der Waals surface area contributed by atoms with E-state index in [1.807, 2.05) is 0 Å². The van der Waals surface area contributed by atoms with Crippen LogP contribution in [0, 0.1) is 0 Å². The summed E-state index contributed by atoms with van der Waals surface area (Å²) in [6.07, 6.45) is -5.84. The lowest BCUT2D eigenvalue weighted by molar-refractivity contribution is -0.316. The monoisotopic (exact) mass is 382 g/mol. The summed E-state index contributed by atoms with van der Waals surface area (Å²) in [6.45, 7) is 3.83. The van der Waals surface area contributed by atoms with E-state index < -0.39 is 60.1 Å². The van der Waals surface area contributed by atoms with Crippen LogP contribution in [-0.2, 0) is 42.9 Å². The average molecular weight is 383 g/mol. The number of hydrogen-bond donors (Lipinski definition) is 1. The molecule has 0 aromatic carbocycles. The molecule has 25 heavy (non-hydrogen) atoms. The molecule has 0 saturated carbocycles. The Kier molecular flexibility index (Phi) is 7.15. The zero-order valence-electron chi connectivity index (χ0n) is 14.0. The van der Waals surface area contributed by atoms with Crippen LogP contribution in [0.2, 0.25) is 0 Å². The second kappa shape index (κ2) is 8.45. The molecule has 1 N–H and O–H groups in total. The molecule has 0 bridgehead atoms. The van der Waals surface area contributed by atoms with Gasteiger partial charge in [0.2, 0.25) is 6.10 Å². The largest absolute Gasteiger partial charge is 0.463 e. The van der Waals surface area contributed by atoms with E-state index in [9.17, 15) is 24.3 Å². The zero-order valence-corrected chi connectivity index (χ0v) is 14.8. The zero-order chi connectivity index (χ0) is 19.4. The quantitative estimate of drug-likeness (QED) is 0.381. The molecule has 0 radical (unpaired) electrons. The van der Waals surface area contributed by atoms with Gasteiger partial charge < -0.3 is 28.8 Å². The maximum atomic E-state index is 11.4. The minimum absolute atomic E-state index is 0.465. The van der Waals surface area contributed by atoms with Crippen LogP contribution in [0.3, 0.4) is 0 Å². The number of halogens is 1. The first-order valence-corrected chi connectivity index (χ1v) is 7.56. The van der Waals surface area contributed by atoms with Crippen molar-refractivity contribution in [2.45, 2.75) is 57.4 Å². The van der Waals surface area contributed by atoms with Gasteiger partial charge in [-0.15, -0.1) is 0 Å². The number of aliphatic hydroxyl groups is 1. The lowest BCUT2D eigenvalue weighted by Gasteiger charge is -2.45. The minimum atomic E-state index is -2.62. The molecule has 5 atom stereocenters. The first-order chi connectivity index (χ1) is 11.4. The normalized spacial score (nSPS) is 31.6. The van der Waals surface area contributed by atoms with Crippen LogP contribution in [0.25, 0.3) is 0 Å². The Morgan fingerprint density at radius 1 is 0.920 bits per heavy atom. The van der Waals surface area contributed by atoms with Crippen molar-refractivity contribution in [2.24, 2.45) is 0 Å². The van der Waals surface area contributed by atoms with Crippen LogP contribution in [-0.4, -0.2) is 65.3 Å². The van der Waals surface area contributed by atoms with E-state index >= 15 is 0 Å². The van der Waals surface area contributed by atoms with Crippen LogP contribution >= 0.6 is 11.6 Å². The molecule has 0 unspecified atom stereocenters. The fourth-order valence-corrected chi connectivity index (χ4v) is 2.52. The molecule has 0 aromatic rings. The second-order valence-electron chi connectivity index (χ2n) is 5.25. The topological polar surface area (TPSA) is 135 Å². The Balaban J connectivity index is 3.24. The second-order valence-corrected chi connectivity index (χ2v) is 5.79. The molecule has 0 aliphatic carbocycles. The number of esters is 4. The van der Waals surface area contributed by atoms with Gasteiger partial charge in [0.1, 0.15) is 12.7 Å². The third-order valence-electron chi connectivity index (χ3n) is 3.00. The van der Waals surface area contributed by atoms with Gasteiger partial charge in [0.15, 0.2) is 12.2 Å². The lowest BCUT2D eigenvalue weighted by atomic mass is 9.98. The van der Waals surface area contributed by atoms with Crippen LogP contribution in [0.15, 0.2) is 0 Å². The van der Waals surface area contributed by atoms with E-state index in [0.29, 0.717) is 0 Å². The number of hydrogen-bond acceptors (Lipinski definition) is 10. The van der Waals surface area contributed by atoms with Gasteiger partial charge in [-0.3, -0.25) is 19.2 Å². The Bertz CT molecular complexity index is 546. The van der Waals surface area contributed by atoms with E-state index in [1.54, 1.807) is 0 Å². The number of alkyl halides is 1. The maximum Gasteiger partial charge on any atom is 0.303 e. The smallest absolute Gasteiger partial charge is 0.303 e. The Morgan fingerprint density at radius 2 is 1.40 bits per heavy atom. The molecule has 1 rings (SSSR count). The summed E-state index contributed by atoms with van der Waals surface area (Å²) in [5.74, 6) is -3.13. The first kappa shape index (κ1) is 21.1. The van der Waals surface area contributed by atoms with E-state index in [1.165, 1.54) is 0 Å². The summed E-state index contributed by atoms with van der Waals surface area (Å²) in [5, 5.41) is 7.63. The van der Waals surface area contributed by atoms with E-state index in [0.717, 1.165) is 27.7 Å². The lowest BCUT2D eigenvalue weighted by Crippen LogP contribution is -2.66. The molecule has 10 nitrogen and oxygen atoms in total. The van der Waals surface area contributed by atoms with Gasteiger partial charge in [0, 0.05) is 27.7 Å². The van der Waals surface area contributed by atoms with Crippen molar-refractivity contribution in [3.63, 3.8) is 0 Å². The number of rotatable bonds is 5. The highest BCUT2D eigenvalue weighted by molar-refractivity contribution is 6.22. The van der Waals surface area contributed by atoms with Gasteiger partial charge in [-0.2, -0.15) is 0 Å². The van der Waals surface area contributed by atoms with E-state index in [2.05, 4.69) is 0 Å². The van der Waals surface area contributed by atoms with E-state index in [4.69, 9.17) is 35.3 Å². The molecule has 0 amide bonds. The molecule has 0 spiro atoms. The number of ether oxygens (including phenoxy) is 5. The molecule has 1 saturated heterocycles. The van der Waals surface area contributed by atoms with Crippen LogP contribution in [0.1, 0.15) is 27.7 Å². The summed E-state index contributed by atoms with van der Waals surface area (Å²) in [5.41, 5.74) is 0. The first-order valence-electron chi connectivity index (χ1n) is 7.18. The van der Waals surface area contributed by atoms with Crippen LogP contribution in [0.4, 0.5) is 0 Å². The standard InChI is InChI=1S/C14H19ClO10/c1-6(16)21-5-10-11(22-7(2)17)12(23-8(3)18)13(24-9(4)19)14(15,20)25-10/h10-13,20H,5H2,1-4H3/t10-,11+,12+,13-,14-/m1/s1. The molecular weight excluding hydrogens is 364 g/mol. The molecule has 1 heterocycles. The third kappa shape index (κ3) is 6.15. The van der Waals surface area contributed by atoms with Gasteiger partial charge in [-0.25, -0.2) is 0 Å². The molecule has 1 fully saturated rings. The molecule has 1 aliphatic heterocycles. The van der Waals surface area contributed by atoms with Crippen molar-refractivity contribution >= 4 is 35.5 Å². The molecule has 1 aliphatic rings. The van der Waals surface area contributed by atoms with E-state index in [-0.39, 0.29) is 0 Å². The Labute approximate surface area is 148 Å². The maximum absolute atomic E-state index is 11.4. The minimum Gasteiger partial charge on any atom is -0.463 e. The molecule has 0 aromatic heterocycles. The third-order valence-corrected chi connectivity index (χ3v) is 3.31. The highest BCUT2D eigenvalue weighted by atomic mass is 35.5. The van der Waals surface area contributed by atoms with Crippen molar-refractivity contribution in [1.29, 1.82) is 0 Å². The average Bonchev–Trinajstić information content (AvgIpc) is 2.42. The summed E-state index contributed by atoms with van der Waals surface area (Å²) < 4.78 is 24.9. The van der Waals surface area contributed by atoms with Crippen LogP contribution in [0.5, 0.6) is 0 Å². The number of carbonyl (C=O) groups excluding carboxylic acids is 4. The molecule has 11 heteroatoms. The Hall–Kier alpha value is -1.91. The fourth-order valence-electron chi connectivity index (χ4n) is 2.23. The highest BCUT2D eigenvalue weighted by Crippen LogP contribution is 2.36. The van der Waals surface area contributed by atoms with Crippen molar-refractivity contribution in [3.8, 4) is 0 Å². The Morgan fingerprint density at radius 3 is 1.84 bits per heavy atom. The van der Waals surface area contributed by atoms with Gasteiger partial charge >= 0.3 is 23.9 Å². The van der Waals surface area contributed by atoms with Gasteiger partial charge in [0.05, 0.1) is 0 Å². The SMILES string of the molecule is CC(=O)OC[C@H]1O[C@@](O)(Cl)[C@H](OC(C)=O)[C@@H](OC(C)=O)[C@H]1OC(C)=O. The predicted molar refractivity (Wildman–Crippen MR) is 79.0 cm³/mol. The number of carbonyl (C=O) groups is 4. The summed E-state index contributed by atoms with van der Waals surface area (Å²) in [7, 11) is 0. The van der Waals surface area contributed by atoms with Gasteiger partial charge in [0.25, 0.3) is 5.25 Å². The molecule has 142 valence electrons. The summed E-state index contributed by atoms with van der Waals surface area (Å²) in [4.78, 5) is 45.1. The van der Waals surface area contributed by atoms with Crippen molar-refractivity contribution in [2.75, 3.05) is 6.61 Å². The van der Waals surface area contributed by atoms with Gasteiger partial charge in [-0.1, -0.05) is 11.6 Å². The van der Waals surface area contributed by atoms with Crippen molar-refractivity contribution in [3.05, 3.63) is 0 Å². The molecular formula is C14H19ClO10. The van der Waals surface area contributed by atoms with Gasteiger partial charge in [-0.05, 0) is 0 Å². The fraction of sp³-hybridized carbons (Fsp3) is 0.714.